The molecule has 1 fully saturated rings. The average molecular weight is 244 g/mol. The van der Waals surface area contributed by atoms with E-state index in [0.717, 1.165) is 22.8 Å². The highest BCUT2D eigenvalue weighted by Crippen LogP contribution is 2.73. The molecule has 4 nitrogen and oxygen atoms in total. The maximum atomic E-state index is 4.67. The third-order valence-electron chi connectivity index (χ3n) is 4.91. The Morgan fingerprint density at radius 3 is 2.33 bits per heavy atom. The van der Waals surface area contributed by atoms with Crippen LogP contribution in [0.4, 0.5) is 5.82 Å². The molecule has 4 heteroatoms. The molecule has 0 atom stereocenters. The summed E-state index contributed by atoms with van der Waals surface area (Å²) < 4.78 is 0. The van der Waals surface area contributed by atoms with Gasteiger partial charge in [-0.15, -0.1) is 0 Å². The van der Waals surface area contributed by atoms with E-state index in [0.29, 0.717) is 16.7 Å². The SMILES string of the molecule is CNc1ccc2[nH]c(C3C(C)(C)C3(C)C)nc2n1. The minimum atomic E-state index is 0.298. The molecule has 3 rings (SSSR count). The zero-order valence-electron chi connectivity index (χ0n) is 11.6. The van der Waals surface area contributed by atoms with Gasteiger partial charge in [-0.3, -0.25) is 0 Å². The fourth-order valence-electron chi connectivity index (χ4n) is 3.07. The van der Waals surface area contributed by atoms with Gasteiger partial charge >= 0.3 is 0 Å². The second-order valence-corrected chi connectivity index (χ2v) is 6.32. The first kappa shape index (κ1) is 11.5. The van der Waals surface area contributed by atoms with Gasteiger partial charge in [0.2, 0.25) is 0 Å². The molecule has 2 heterocycles. The highest BCUT2D eigenvalue weighted by molar-refractivity contribution is 5.73. The topological polar surface area (TPSA) is 53.6 Å². The third kappa shape index (κ3) is 1.32. The van der Waals surface area contributed by atoms with Gasteiger partial charge in [0.25, 0.3) is 0 Å². The summed E-state index contributed by atoms with van der Waals surface area (Å²) in [5.74, 6) is 2.41. The largest absolute Gasteiger partial charge is 0.373 e. The number of hydrogen-bond acceptors (Lipinski definition) is 3. The van der Waals surface area contributed by atoms with Crippen molar-refractivity contribution in [1.29, 1.82) is 0 Å². The van der Waals surface area contributed by atoms with E-state index in [4.69, 9.17) is 0 Å². The number of H-pyrrole nitrogens is 1. The van der Waals surface area contributed by atoms with Crippen LogP contribution in [0.25, 0.3) is 11.2 Å². The molecule has 1 aliphatic carbocycles. The molecule has 0 spiro atoms. The fraction of sp³-hybridized carbons (Fsp3) is 0.571. The van der Waals surface area contributed by atoms with Gasteiger partial charge in [0, 0.05) is 13.0 Å². The summed E-state index contributed by atoms with van der Waals surface area (Å²) in [5, 5.41) is 3.04. The number of fused-ring (bicyclic) bond motifs is 1. The van der Waals surface area contributed by atoms with Crippen molar-refractivity contribution in [3.05, 3.63) is 18.0 Å². The summed E-state index contributed by atoms with van der Waals surface area (Å²) in [6.45, 7) is 9.21. The normalized spacial score (nSPS) is 21.2. The van der Waals surface area contributed by atoms with Crippen molar-refractivity contribution in [2.24, 2.45) is 10.8 Å². The van der Waals surface area contributed by atoms with Crippen molar-refractivity contribution in [1.82, 2.24) is 15.0 Å². The lowest BCUT2D eigenvalue weighted by molar-refractivity contribution is 0.457. The lowest BCUT2D eigenvalue weighted by atomic mass is 10.0. The highest BCUT2D eigenvalue weighted by atomic mass is 15.1. The van der Waals surface area contributed by atoms with E-state index >= 15 is 0 Å². The first-order valence-corrected chi connectivity index (χ1v) is 6.42. The van der Waals surface area contributed by atoms with Gasteiger partial charge in [-0.05, 0) is 23.0 Å². The number of nitrogens with one attached hydrogen (secondary N) is 2. The molecule has 96 valence electrons. The predicted molar refractivity (Wildman–Crippen MR) is 73.7 cm³/mol. The van der Waals surface area contributed by atoms with Crippen molar-refractivity contribution < 1.29 is 0 Å². The number of anilines is 1. The highest BCUT2D eigenvalue weighted by Gasteiger charge is 2.66. The summed E-state index contributed by atoms with van der Waals surface area (Å²) >= 11 is 0. The number of pyridine rings is 1. The number of imidazole rings is 1. The average Bonchev–Trinajstić information content (AvgIpc) is 2.64. The molecule has 0 bridgehead atoms. The Morgan fingerprint density at radius 2 is 1.78 bits per heavy atom. The van der Waals surface area contributed by atoms with Crippen LogP contribution >= 0.6 is 0 Å². The van der Waals surface area contributed by atoms with Crippen LogP contribution in [0.1, 0.15) is 39.4 Å². The van der Waals surface area contributed by atoms with Crippen LogP contribution in [0, 0.1) is 10.8 Å². The molecule has 1 saturated carbocycles. The lowest BCUT2D eigenvalue weighted by Crippen LogP contribution is -1.95. The molecule has 18 heavy (non-hydrogen) atoms. The molecule has 0 radical (unpaired) electrons. The van der Waals surface area contributed by atoms with Crippen LogP contribution in [0.5, 0.6) is 0 Å². The first-order valence-electron chi connectivity index (χ1n) is 6.42. The molecule has 0 unspecified atom stereocenters. The Kier molecular flexibility index (Phi) is 2.08. The Morgan fingerprint density at radius 1 is 1.11 bits per heavy atom. The van der Waals surface area contributed by atoms with Gasteiger partial charge in [0.15, 0.2) is 5.65 Å². The smallest absolute Gasteiger partial charge is 0.179 e. The first-order chi connectivity index (χ1) is 8.38. The van der Waals surface area contributed by atoms with Crippen molar-refractivity contribution in [2.45, 2.75) is 33.6 Å². The van der Waals surface area contributed by atoms with Crippen LogP contribution < -0.4 is 5.32 Å². The molecule has 2 N–H and O–H groups in total. The van der Waals surface area contributed by atoms with Crippen LogP contribution in [-0.4, -0.2) is 22.0 Å². The van der Waals surface area contributed by atoms with Crippen molar-refractivity contribution >= 4 is 17.0 Å². The van der Waals surface area contributed by atoms with Gasteiger partial charge in [-0.25, -0.2) is 9.97 Å². The predicted octanol–water partition coefficient (Wildman–Crippen LogP) is 3.15. The molecule has 1 aliphatic rings. The maximum absolute atomic E-state index is 4.67. The van der Waals surface area contributed by atoms with Crippen molar-refractivity contribution in [2.75, 3.05) is 12.4 Å². The minimum Gasteiger partial charge on any atom is -0.373 e. The summed E-state index contributed by atoms with van der Waals surface area (Å²) in [6, 6.07) is 4.00. The molecule has 0 amide bonds. The summed E-state index contributed by atoms with van der Waals surface area (Å²) in [4.78, 5) is 12.6. The van der Waals surface area contributed by atoms with Crippen LogP contribution in [0.3, 0.4) is 0 Å². The second-order valence-electron chi connectivity index (χ2n) is 6.32. The Bertz CT molecular complexity index is 595. The van der Waals surface area contributed by atoms with Gasteiger partial charge in [-0.1, -0.05) is 27.7 Å². The number of rotatable bonds is 2. The number of aromatic nitrogens is 3. The Hall–Kier alpha value is -1.58. The summed E-state index contributed by atoms with van der Waals surface area (Å²) in [5.41, 5.74) is 2.41. The summed E-state index contributed by atoms with van der Waals surface area (Å²) in [6.07, 6.45) is 0. The number of nitrogens with zero attached hydrogens (tertiary/aromatic N) is 2. The zero-order valence-corrected chi connectivity index (χ0v) is 11.6. The van der Waals surface area contributed by atoms with Gasteiger partial charge in [0.05, 0.1) is 5.52 Å². The van der Waals surface area contributed by atoms with Gasteiger partial charge < -0.3 is 10.3 Å². The van der Waals surface area contributed by atoms with E-state index in [-0.39, 0.29) is 0 Å². The number of hydrogen-bond donors (Lipinski definition) is 2. The van der Waals surface area contributed by atoms with Crippen LogP contribution in [-0.2, 0) is 0 Å². The van der Waals surface area contributed by atoms with E-state index in [9.17, 15) is 0 Å². The van der Waals surface area contributed by atoms with Crippen molar-refractivity contribution in [3.8, 4) is 0 Å². The standard InChI is InChI=1S/C14H20N4/c1-13(2)10(14(13,3)4)12-16-8-6-7-9(15-5)17-11(8)18-12/h6-7,10H,1-5H3,(H2,15,16,17,18). The quantitative estimate of drug-likeness (QED) is 0.853. The van der Waals surface area contributed by atoms with Crippen molar-refractivity contribution in [3.63, 3.8) is 0 Å². The third-order valence-corrected chi connectivity index (χ3v) is 4.91. The van der Waals surface area contributed by atoms with E-state index in [2.05, 4.69) is 48.0 Å². The second kappa shape index (κ2) is 3.25. The van der Waals surface area contributed by atoms with E-state index < -0.39 is 0 Å². The lowest BCUT2D eigenvalue weighted by Gasteiger charge is -2.03. The molecular weight excluding hydrogens is 224 g/mol. The van der Waals surface area contributed by atoms with Gasteiger partial charge in [-0.2, -0.15) is 0 Å². The zero-order chi connectivity index (χ0) is 13.1. The molecule has 0 saturated heterocycles. The van der Waals surface area contributed by atoms with Gasteiger partial charge in [0.1, 0.15) is 11.6 Å². The number of aromatic amines is 1. The summed E-state index contributed by atoms with van der Waals surface area (Å²) in [7, 11) is 1.87. The molecule has 2 aromatic rings. The van der Waals surface area contributed by atoms with Crippen LogP contribution in [0.2, 0.25) is 0 Å². The van der Waals surface area contributed by atoms with E-state index in [1.165, 1.54) is 0 Å². The molecule has 2 aromatic heterocycles. The van der Waals surface area contributed by atoms with E-state index in [1.54, 1.807) is 0 Å². The maximum Gasteiger partial charge on any atom is 0.179 e. The molecule has 0 aliphatic heterocycles. The monoisotopic (exact) mass is 244 g/mol. The van der Waals surface area contributed by atoms with Crippen LogP contribution in [0.15, 0.2) is 12.1 Å². The Balaban J connectivity index is 2.05. The minimum absolute atomic E-state index is 0.298. The Labute approximate surface area is 107 Å². The molecular formula is C14H20N4. The fourth-order valence-corrected chi connectivity index (χ4v) is 3.07. The van der Waals surface area contributed by atoms with E-state index in [1.807, 2.05) is 19.2 Å². The molecule has 0 aromatic carbocycles.